The Bertz CT molecular complexity index is 496. The van der Waals surface area contributed by atoms with Crippen molar-refractivity contribution in [3.63, 3.8) is 0 Å². The Kier molecular flexibility index (Phi) is 3.40. The van der Waals surface area contributed by atoms with Crippen molar-refractivity contribution in [3.8, 4) is 0 Å². The van der Waals surface area contributed by atoms with E-state index < -0.39 is 11.6 Å². The summed E-state index contributed by atoms with van der Waals surface area (Å²) >= 11 is 0. The molecule has 90 valence electrons. The van der Waals surface area contributed by atoms with Gasteiger partial charge in [-0.05, 0) is 17.7 Å². The molecule has 1 heterocycles. The van der Waals surface area contributed by atoms with Crippen LogP contribution in [-0.2, 0) is 17.9 Å². The summed E-state index contributed by atoms with van der Waals surface area (Å²) in [5.41, 5.74) is 0.420. The van der Waals surface area contributed by atoms with Crippen LogP contribution in [0.15, 0.2) is 22.7 Å². The zero-order chi connectivity index (χ0) is 12.3. The van der Waals surface area contributed by atoms with E-state index in [0.29, 0.717) is 11.4 Å². The number of hydrogen-bond acceptors (Lipinski definition) is 5. The second-order valence-corrected chi connectivity index (χ2v) is 3.37. The van der Waals surface area contributed by atoms with Crippen LogP contribution in [0.25, 0.3) is 0 Å². The van der Waals surface area contributed by atoms with Crippen LogP contribution in [0.2, 0.25) is 0 Å². The smallest absolute Gasteiger partial charge is 0.254 e. The third kappa shape index (κ3) is 3.05. The number of rotatable bonds is 4. The zero-order valence-electron chi connectivity index (χ0n) is 8.69. The molecule has 0 fully saturated rings. The lowest BCUT2D eigenvalue weighted by atomic mass is 10.1. The lowest BCUT2D eigenvalue weighted by molar-refractivity contribution is 0.0995. The molecule has 0 aliphatic rings. The number of aromatic nitrogens is 2. The number of hydrogen-bond donors (Lipinski definition) is 1. The quantitative estimate of drug-likeness (QED) is 0.817. The standard InChI is InChI=1S/C10H9F2N3O2/c11-7-1-6(2-8(12)4-7)3-9-14-10(5-16-13)17-15-9/h1-2,4H,3,5,13H2. The maximum absolute atomic E-state index is 12.9. The summed E-state index contributed by atoms with van der Waals surface area (Å²) in [6.45, 7) is -0.00941. The van der Waals surface area contributed by atoms with E-state index in [-0.39, 0.29) is 18.9 Å². The summed E-state index contributed by atoms with van der Waals surface area (Å²) < 4.78 is 30.6. The molecule has 0 aliphatic heterocycles. The Morgan fingerprint density at radius 1 is 1.24 bits per heavy atom. The highest BCUT2D eigenvalue weighted by Gasteiger charge is 2.08. The molecule has 1 aromatic heterocycles. The second kappa shape index (κ2) is 4.98. The van der Waals surface area contributed by atoms with E-state index in [2.05, 4.69) is 15.0 Å². The summed E-state index contributed by atoms with van der Waals surface area (Å²) in [5, 5.41) is 3.62. The molecule has 2 N–H and O–H groups in total. The summed E-state index contributed by atoms with van der Waals surface area (Å²) in [7, 11) is 0. The van der Waals surface area contributed by atoms with Gasteiger partial charge >= 0.3 is 0 Å². The van der Waals surface area contributed by atoms with Crippen LogP contribution < -0.4 is 5.90 Å². The van der Waals surface area contributed by atoms with Crippen molar-refractivity contribution in [1.82, 2.24) is 10.1 Å². The van der Waals surface area contributed by atoms with Crippen LogP contribution >= 0.6 is 0 Å². The first kappa shape index (κ1) is 11.6. The average molecular weight is 241 g/mol. The monoisotopic (exact) mass is 241 g/mol. The van der Waals surface area contributed by atoms with Crippen molar-refractivity contribution in [1.29, 1.82) is 0 Å². The van der Waals surface area contributed by atoms with Crippen LogP contribution in [0, 0.1) is 11.6 Å². The maximum Gasteiger partial charge on any atom is 0.254 e. The molecular formula is C10H9F2N3O2. The van der Waals surface area contributed by atoms with E-state index in [1.54, 1.807) is 0 Å². The van der Waals surface area contributed by atoms with Gasteiger partial charge in [-0.25, -0.2) is 14.7 Å². The molecule has 0 saturated heterocycles. The topological polar surface area (TPSA) is 74.2 Å². The Morgan fingerprint density at radius 3 is 2.59 bits per heavy atom. The highest BCUT2D eigenvalue weighted by molar-refractivity contribution is 5.20. The predicted octanol–water partition coefficient (Wildman–Crippen LogP) is 1.33. The number of nitrogens with zero attached hydrogens (tertiary/aromatic N) is 2. The molecule has 0 radical (unpaired) electrons. The lowest BCUT2D eigenvalue weighted by Gasteiger charge is -1.97. The first-order valence-electron chi connectivity index (χ1n) is 4.75. The average Bonchev–Trinajstić information content (AvgIpc) is 2.64. The SMILES string of the molecule is NOCc1nc(Cc2cc(F)cc(F)c2)no1. The fraction of sp³-hybridized carbons (Fsp3) is 0.200. The number of benzene rings is 1. The Balaban J connectivity index is 2.13. The van der Waals surface area contributed by atoms with E-state index in [1.807, 2.05) is 0 Å². The van der Waals surface area contributed by atoms with Crippen molar-refractivity contribution in [2.24, 2.45) is 5.90 Å². The van der Waals surface area contributed by atoms with Gasteiger partial charge in [-0.15, -0.1) is 0 Å². The van der Waals surface area contributed by atoms with Gasteiger partial charge in [0.1, 0.15) is 18.2 Å². The van der Waals surface area contributed by atoms with Gasteiger partial charge in [0.2, 0.25) is 0 Å². The highest BCUT2D eigenvalue weighted by Crippen LogP contribution is 2.11. The fourth-order valence-electron chi connectivity index (χ4n) is 1.39. The van der Waals surface area contributed by atoms with Gasteiger partial charge in [0, 0.05) is 12.5 Å². The first-order chi connectivity index (χ1) is 8.17. The van der Waals surface area contributed by atoms with Crippen molar-refractivity contribution in [3.05, 3.63) is 47.1 Å². The van der Waals surface area contributed by atoms with Gasteiger partial charge in [-0.1, -0.05) is 5.16 Å². The van der Waals surface area contributed by atoms with Crippen LogP contribution in [0.1, 0.15) is 17.3 Å². The molecule has 17 heavy (non-hydrogen) atoms. The molecule has 0 amide bonds. The fourth-order valence-corrected chi connectivity index (χ4v) is 1.39. The van der Waals surface area contributed by atoms with Crippen LogP contribution in [0.5, 0.6) is 0 Å². The summed E-state index contributed by atoms with van der Waals surface area (Å²) in [6, 6.07) is 3.21. The molecule has 7 heteroatoms. The molecule has 5 nitrogen and oxygen atoms in total. The minimum Gasteiger partial charge on any atom is -0.337 e. The lowest BCUT2D eigenvalue weighted by Crippen LogP contribution is -1.99. The van der Waals surface area contributed by atoms with Crippen molar-refractivity contribution < 1.29 is 18.1 Å². The summed E-state index contributed by atoms with van der Waals surface area (Å²) in [6.07, 6.45) is 0.169. The minimum atomic E-state index is -0.644. The Morgan fingerprint density at radius 2 is 1.94 bits per heavy atom. The van der Waals surface area contributed by atoms with Crippen LogP contribution in [-0.4, -0.2) is 10.1 Å². The van der Waals surface area contributed by atoms with Crippen molar-refractivity contribution in [2.45, 2.75) is 13.0 Å². The van der Waals surface area contributed by atoms with Gasteiger partial charge in [0.25, 0.3) is 5.89 Å². The first-order valence-corrected chi connectivity index (χ1v) is 4.75. The normalized spacial score (nSPS) is 10.8. The molecule has 2 aromatic rings. The van der Waals surface area contributed by atoms with Gasteiger partial charge in [-0.3, -0.25) is 4.84 Å². The number of nitrogens with two attached hydrogens (primary N) is 1. The van der Waals surface area contributed by atoms with Crippen molar-refractivity contribution >= 4 is 0 Å². The molecule has 0 saturated carbocycles. The zero-order valence-corrected chi connectivity index (χ0v) is 8.69. The van der Waals surface area contributed by atoms with Crippen molar-refractivity contribution in [2.75, 3.05) is 0 Å². The minimum absolute atomic E-state index is 0.00941. The molecule has 0 spiro atoms. The number of halogens is 2. The van der Waals surface area contributed by atoms with E-state index in [9.17, 15) is 8.78 Å². The molecule has 2 rings (SSSR count). The predicted molar refractivity (Wildman–Crippen MR) is 52.4 cm³/mol. The van der Waals surface area contributed by atoms with Gasteiger partial charge in [0.15, 0.2) is 5.82 Å². The largest absolute Gasteiger partial charge is 0.337 e. The third-order valence-electron chi connectivity index (χ3n) is 2.00. The third-order valence-corrected chi connectivity index (χ3v) is 2.00. The molecule has 0 unspecified atom stereocenters. The van der Waals surface area contributed by atoms with E-state index in [1.165, 1.54) is 12.1 Å². The molecule has 0 atom stereocenters. The van der Waals surface area contributed by atoms with Gasteiger partial charge in [0.05, 0.1) is 0 Å². The molecular weight excluding hydrogens is 232 g/mol. The Hall–Kier alpha value is -1.86. The molecule has 1 aromatic carbocycles. The van der Waals surface area contributed by atoms with Crippen LogP contribution in [0.3, 0.4) is 0 Å². The summed E-state index contributed by atoms with van der Waals surface area (Å²) in [4.78, 5) is 8.24. The Labute approximate surface area is 95.1 Å². The highest BCUT2D eigenvalue weighted by atomic mass is 19.1. The van der Waals surface area contributed by atoms with E-state index in [4.69, 9.17) is 10.4 Å². The van der Waals surface area contributed by atoms with E-state index in [0.717, 1.165) is 6.07 Å². The van der Waals surface area contributed by atoms with Gasteiger partial charge in [-0.2, -0.15) is 4.98 Å². The van der Waals surface area contributed by atoms with Gasteiger partial charge < -0.3 is 4.52 Å². The maximum atomic E-state index is 12.9. The molecule has 0 bridgehead atoms. The molecule has 0 aliphatic carbocycles. The van der Waals surface area contributed by atoms with E-state index >= 15 is 0 Å². The van der Waals surface area contributed by atoms with Crippen LogP contribution in [0.4, 0.5) is 8.78 Å². The summed E-state index contributed by atoms with van der Waals surface area (Å²) in [5.74, 6) is 4.06. The second-order valence-electron chi connectivity index (χ2n) is 3.37.